The number of aliphatic hydroxyl groups is 1. The van der Waals surface area contributed by atoms with Crippen LogP contribution in [0.2, 0.25) is 0 Å². The highest BCUT2D eigenvalue weighted by molar-refractivity contribution is 5.79. The zero-order valence-electron chi connectivity index (χ0n) is 7.01. The van der Waals surface area contributed by atoms with Gasteiger partial charge in [0, 0.05) is 12.5 Å². The molecule has 5 heteroatoms. The van der Waals surface area contributed by atoms with Crippen molar-refractivity contribution < 1.29 is 24.9 Å². The molecule has 0 aliphatic heterocycles. The van der Waals surface area contributed by atoms with Crippen LogP contribution in [0.1, 0.15) is 19.3 Å². The Hall–Kier alpha value is -1.36. The second kappa shape index (κ2) is 6.19. The predicted molar refractivity (Wildman–Crippen MR) is 44.3 cm³/mol. The Bertz CT molecular complexity index is 209. The van der Waals surface area contributed by atoms with Crippen molar-refractivity contribution in [2.45, 2.75) is 25.4 Å². The van der Waals surface area contributed by atoms with Crippen LogP contribution in [-0.2, 0) is 9.59 Å². The van der Waals surface area contributed by atoms with E-state index in [1.807, 2.05) is 0 Å². The van der Waals surface area contributed by atoms with Crippen LogP contribution in [0.3, 0.4) is 0 Å². The molecule has 1 unspecified atom stereocenters. The fourth-order valence-electron chi connectivity index (χ4n) is 0.752. The van der Waals surface area contributed by atoms with Crippen LogP contribution in [-0.4, -0.2) is 33.4 Å². The molecule has 0 aliphatic rings. The second-order valence-electron chi connectivity index (χ2n) is 2.55. The van der Waals surface area contributed by atoms with Crippen LogP contribution < -0.4 is 0 Å². The molecule has 13 heavy (non-hydrogen) atoms. The number of carboxylic acid groups (broad SMARTS) is 2. The molecule has 0 aromatic rings. The molecule has 0 heterocycles. The fourth-order valence-corrected chi connectivity index (χ4v) is 0.752. The van der Waals surface area contributed by atoms with E-state index in [1.165, 1.54) is 0 Å². The highest BCUT2D eigenvalue weighted by Crippen LogP contribution is 2.01. The van der Waals surface area contributed by atoms with Crippen molar-refractivity contribution in [2.24, 2.45) is 0 Å². The van der Waals surface area contributed by atoms with E-state index >= 15 is 0 Å². The van der Waals surface area contributed by atoms with Gasteiger partial charge in [-0.3, -0.25) is 4.79 Å². The van der Waals surface area contributed by atoms with E-state index in [2.05, 4.69) is 0 Å². The topological polar surface area (TPSA) is 94.8 Å². The maximum Gasteiger partial charge on any atom is 0.328 e. The summed E-state index contributed by atoms with van der Waals surface area (Å²) in [6, 6.07) is 0. The summed E-state index contributed by atoms with van der Waals surface area (Å²) in [7, 11) is 0. The average molecular weight is 188 g/mol. The number of aliphatic carboxylic acids is 2. The Balaban J connectivity index is 3.57. The SMILES string of the molecule is O=C(O)C=CC(O)CCCC(=O)O. The lowest BCUT2D eigenvalue weighted by Crippen LogP contribution is -2.05. The van der Waals surface area contributed by atoms with Crippen molar-refractivity contribution >= 4 is 11.9 Å². The third-order valence-electron chi connectivity index (χ3n) is 1.35. The van der Waals surface area contributed by atoms with Crippen LogP contribution in [0.25, 0.3) is 0 Å². The van der Waals surface area contributed by atoms with Crippen LogP contribution in [0, 0.1) is 0 Å². The second-order valence-corrected chi connectivity index (χ2v) is 2.55. The van der Waals surface area contributed by atoms with Crippen molar-refractivity contribution in [1.82, 2.24) is 0 Å². The van der Waals surface area contributed by atoms with Gasteiger partial charge in [-0.1, -0.05) is 0 Å². The molecule has 0 saturated carbocycles. The largest absolute Gasteiger partial charge is 0.481 e. The van der Waals surface area contributed by atoms with E-state index in [0.717, 1.165) is 12.2 Å². The van der Waals surface area contributed by atoms with Gasteiger partial charge in [-0.2, -0.15) is 0 Å². The number of hydrogen-bond acceptors (Lipinski definition) is 3. The summed E-state index contributed by atoms with van der Waals surface area (Å²) in [6.45, 7) is 0. The van der Waals surface area contributed by atoms with Crippen LogP contribution in [0.4, 0.5) is 0 Å². The highest BCUT2D eigenvalue weighted by atomic mass is 16.4. The van der Waals surface area contributed by atoms with Crippen molar-refractivity contribution in [1.29, 1.82) is 0 Å². The Kier molecular flexibility index (Phi) is 5.54. The summed E-state index contributed by atoms with van der Waals surface area (Å²) in [5.74, 6) is -2.05. The molecule has 0 spiro atoms. The lowest BCUT2D eigenvalue weighted by Gasteiger charge is -2.02. The van der Waals surface area contributed by atoms with Gasteiger partial charge in [0.2, 0.25) is 0 Å². The predicted octanol–water partition coefficient (Wildman–Crippen LogP) is 0.243. The summed E-state index contributed by atoms with van der Waals surface area (Å²) >= 11 is 0. The van der Waals surface area contributed by atoms with Crippen LogP contribution >= 0.6 is 0 Å². The average Bonchev–Trinajstić information content (AvgIpc) is 2.00. The number of hydrogen-bond donors (Lipinski definition) is 3. The first kappa shape index (κ1) is 11.6. The third kappa shape index (κ3) is 8.55. The molecule has 0 fully saturated rings. The van der Waals surface area contributed by atoms with E-state index in [9.17, 15) is 9.59 Å². The molecule has 0 saturated heterocycles. The summed E-state index contributed by atoms with van der Waals surface area (Å²) in [4.78, 5) is 20.0. The zero-order valence-corrected chi connectivity index (χ0v) is 7.01. The summed E-state index contributed by atoms with van der Waals surface area (Å²) < 4.78 is 0. The van der Waals surface area contributed by atoms with Crippen molar-refractivity contribution in [2.75, 3.05) is 0 Å². The summed E-state index contributed by atoms with van der Waals surface area (Å²) in [5, 5.41) is 25.5. The number of rotatable bonds is 6. The summed E-state index contributed by atoms with van der Waals surface area (Å²) in [5.41, 5.74) is 0. The van der Waals surface area contributed by atoms with Gasteiger partial charge < -0.3 is 15.3 Å². The van der Waals surface area contributed by atoms with Gasteiger partial charge in [0.05, 0.1) is 6.10 Å². The monoisotopic (exact) mass is 188 g/mol. The molecular formula is C8H12O5. The molecular weight excluding hydrogens is 176 g/mol. The molecule has 0 radical (unpaired) electrons. The first-order valence-corrected chi connectivity index (χ1v) is 3.83. The van der Waals surface area contributed by atoms with Crippen molar-refractivity contribution in [3.05, 3.63) is 12.2 Å². The van der Waals surface area contributed by atoms with E-state index < -0.39 is 18.0 Å². The van der Waals surface area contributed by atoms with E-state index in [-0.39, 0.29) is 12.8 Å². The van der Waals surface area contributed by atoms with Gasteiger partial charge in [-0.25, -0.2) is 4.79 Å². The molecule has 0 amide bonds. The van der Waals surface area contributed by atoms with Gasteiger partial charge in [0.1, 0.15) is 0 Å². The van der Waals surface area contributed by atoms with E-state index in [4.69, 9.17) is 15.3 Å². The number of carboxylic acids is 2. The number of carbonyl (C=O) groups is 2. The van der Waals surface area contributed by atoms with Gasteiger partial charge in [0.25, 0.3) is 0 Å². The molecule has 5 nitrogen and oxygen atoms in total. The van der Waals surface area contributed by atoms with Crippen LogP contribution in [0.5, 0.6) is 0 Å². The Labute approximate surface area is 75.3 Å². The minimum absolute atomic E-state index is 0.0159. The minimum Gasteiger partial charge on any atom is -0.481 e. The zero-order chi connectivity index (χ0) is 10.3. The quantitative estimate of drug-likeness (QED) is 0.519. The highest BCUT2D eigenvalue weighted by Gasteiger charge is 2.02. The smallest absolute Gasteiger partial charge is 0.328 e. The van der Waals surface area contributed by atoms with Gasteiger partial charge in [0.15, 0.2) is 0 Å². The normalized spacial score (nSPS) is 13.0. The molecule has 0 aromatic carbocycles. The van der Waals surface area contributed by atoms with Crippen molar-refractivity contribution in [3.63, 3.8) is 0 Å². The molecule has 3 N–H and O–H groups in total. The molecule has 0 rings (SSSR count). The number of aliphatic hydroxyl groups excluding tert-OH is 1. The van der Waals surface area contributed by atoms with Gasteiger partial charge in [-0.15, -0.1) is 0 Å². The maximum atomic E-state index is 10.1. The molecule has 0 aliphatic carbocycles. The Morgan fingerprint density at radius 2 is 1.92 bits per heavy atom. The standard InChI is InChI=1S/C8H12O5/c9-6(4-5-8(12)13)2-1-3-7(10)11/h4-6,9H,1-3H2,(H,10,11)(H,12,13). The van der Waals surface area contributed by atoms with E-state index in [1.54, 1.807) is 0 Å². The van der Waals surface area contributed by atoms with Gasteiger partial charge in [-0.05, 0) is 18.9 Å². The van der Waals surface area contributed by atoms with Crippen molar-refractivity contribution in [3.8, 4) is 0 Å². The molecule has 0 aromatic heterocycles. The Morgan fingerprint density at radius 3 is 2.38 bits per heavy atom. The Morgan fingerprint density at radius 1 is 1.31 bits per heavy atom. The molecule has 74 valence electrons. The van der Waals surface area contributed by atoms with E-state index in [0.29, 0.717) is 6.42 Å². The van der Waals surface area contributed by atoms with Gasteiger partial charge >= 0.3 is 11.9 Å². The third-order valence-corrected chi connectivity index (χ3v) is 1.35. The maximum absolute atomic E-state index is 10.1. The van der Waals surface area contributed by atoms with Crippen LogP contribution in [0.15, 0.2) is 12.2 Å². The summed E-state index contributed by atoms with van der Waals surface area (Å²) in [6.07, 6.45) is 1.67. The first-order chi connectivity index (χ1) is 6.02. The first-order valence-electron chi connectivity index (χ1n) is 3.83. The fraction of sp³-hybridized carbons (Fsp3) is 0.500. The molecule has 0 bridgehead atoms. The molecule has 1 atom stereocenters. The lowest BCUT2D eigenvalue weighted by atomic mass is 10.1. The minimum atomic E-state index is -1.13. The lowest BCUT2D eigenvalue weighted by molar-refractivity contribution is -0.137.